The number of ether oxygens (including phenoxy) is 5. The minimum atomic E-state index is -0.832. The van der Waals surface area contributed by atoms with Gasteiger partial charge in [-0.15, -0.1) is 0 Å². The first-order chi connectivity index (χ1) is 14.7. The molecule has 0 aliphatic carbocycles. The number of esters is 1. The van der Waals surface area contributed by atoms with E-state index in [-0.39, 0.29) is 17.1 Å². The molecule has 31 heavy (non-hydrogen) atoms. The van der Waals surface area contributed by atoms with Gasteiger partial charge in [0.15, 0.2) is 17.3 Å². The van der Waals surface area contributed by atoms with Crippen LogP contribution in [0.25, 0.3) is 0 Å². The van der Waals surface area contributed by atoms with Crippen molar-refractivity contribution in [2.45, 2.75) is 17.9 Å². The number of Topliss-reactive ketones (excluding diaryl/α,β-unsaturated/α-hetero) is 1. The van der Waals surface area contributed by atoms with Crippen molar-refractivity contribution in [3.63, 3.8) is 0 Å². The Morgan fingerprint density at radius 2 is 1.61 bits per heavy atom. The molecule has 0 N–H and O–H groups in total. The van der Waals surface area contributed by atoms with Crippen LogP contribution in [-0.2, 0) is 9.53 Å². The molecule has 10 heteroatoms. The third-order valence-electron chi connectivity index (χ3n) is 4.36. The molecule has 0 saturated carbocycles. The van der Waals surface area contributed by atoms with Crippen molar-refractivity contribution in [2.75, 3.05) is 28.4 Å². The second-order valence-electron chi connectivity index (χ2n) is 6.21. The molecule has 0 spiro atoms. The number of hydrogen-bond donors (Lipinski definition) is 0. The predicted molar refractivity (Wildman–Crippen MR) is 126 cm³/mol. The van der Waals surface area contributed by atoms with Gasteiger partial charge in [-0.05, 0) is 50.1 Å². The normalized spacial score (nSPS) is 12.6. The van der Waals surface area contributed by atoms with Gasteiger partial charge in [0.25, 0.3) is 0 Å². The van der Waals surface area contributed by atoms with Crippen molar-refractivity contribution >= 4 is 59.5 Å². The average molecular weight is 625 g/mol. The lowest BCUT2D eigenvalue weighted by Crippen LogP contribution is -2.25. The highest BCUT2D eigenvalue weighted by molar-refractivity contribution is 9.11. The van der Waals surface area contributed by atoms with E-state index in [4.69, 9.17) is 23.7 Å². The highest BCUT2D eigenvalue weighted by atomic mass is 79.9. The molecule has 0 aromatic heterocycles. The van der Waals surface area contributed by atoms with Gasteiger partial charge >= 0.3 is 5.97 Å². The largest absolute Gasteiger partial charge is 0.497 e. The Morgan fingerprint density at radius 3 is 2.13 bits per heavy atom. The van der Waals surface area contributed by atoms with Gasteiger partial charge in [0, 0.05) is 25.7 Å². The fourth-order valence-electron chi connectivity index (χ4n) is 2.94. The van der Waals surface area contributed by atoms with Crippen LogP contribution < -0.4 is 18.9 Å². The second-order valence-corrected chi connectivity index (χ2v) is 8.84. The van der Waals surface area contributed by atoms with Gasteiger partial charge in [-0.25, -0.2) is 0 Å². The standard InChI is InChI=1S/C21H21Br3O7/c1-10(25)31-20-13(9-14(22)21(30-5)17(20)24)18(26)16(23)19(29-4)12-7-6-11(27-2)8-15(12)28-3/h6-9,16,19H,1-5H3. The molecule has 2 atom stereocenters. The van der Waals surface area contributed by atoms with E-state index in [1.807, 2.05) is 0 Å². The van der Waals surface area contributed by atoms with Gasteiger partial charge in [0.05, 0.1) is 31.4 Å². The van der Waals surface area contributed by atoms with Gasteiger partial charge in [-0.2, -0.15) is 0 Å². The summed E-state index contributed by atoms with van der Waals surface area (Å²) in [6, 6.07) is 6.76. The van der Waals surface area contributed by atoms with E-state index in [9.17, 15) is 9.59 Å². The monoisotopic (exact) mass is 622 g/mol. The zero-order chi connectivity index (χ0) is 23.3. The van der Waals surface area contributed by atoms with Gasteiger partial charge < -0.3 is 23.7 Å². The quantitative estimate of drug-likeness (QED) is 0.158. The van der Waals surface area contributed by atoms with Crippen LogP contribution in [0.1, 0.15) is 28.9 Å². The van der Waals surface area contributed by atoms with Gasteiger partial charge in [-0.3, -0.25) is 9.59 Å². The molecule has 0 heterocycles. The highest BCUT2D eigenvalue weighted by Crippen LogP contribution is 2.45. The number of rotatable bonds is 9. The summed E-state index contributed by atoms with van der Waals surface area (Å²) in [6.45, 7) is 1.25. The van der Waals surface area contributed by atoms with Crippen LogP contribution in [0.15, 0.2) is 33.2 Å². The van der Waals surface area contributed by atoms with Crippen molar-refractivity contribution in [3.8, 4) is 23.0 Å². The summed E-state index contributed by atoms with van der Waals surface area (Å²) < 4.78 is 27.8. The van der Waals surface area contributed by atoms with Crippen LogP contribution in [0.2, 0.25) is 0 Å². The zero-order valence-corrected chi connectivity index (χ0v) is 22.2. The summed E-state index contributed by atoms with van der Waals surface area (Å²) in [5.74, 6) is 0.599. The molecule has 2 aromatic rings. The summed E-state index contributed by atoms with van der Waals surface area (Å²) >= 11 is 10.2. The highest BCUT2D eigenvalue weighted by Gasteiger charge is 2.34. The maximum atomic E-state index is 13.5. The van der Waals surface area contributed by atoms with Crippen molar-refractivity contribution in [3.05, 3.63) is 44.3 Å². The molecule has 2 aromatic carbocycles. The Balaban J connectivity index is 2.56. The molecule has 0 saturated heterocycles. The summed E-state index contributed by atoms with van der Waals surface area (Å²) in [5, 5.41) is 0. The number of benzene rings is 2. The fourth-order valence-corrected chi connectivity index (χ4v) is 5.21. The summed E-state index contributed by atoms with van der Waals surface area (Å²) in [7, 11) is 6.03. The average Bonchev–Trinajstić information content (AvgIpc) is 2.75. The third kappa shape index (κ3) is 5.60. The van der Waals surface area contributed by atoms with Crippen molar-refractivity contribution in [1.82, 2.24) is 0 Å². The SMILES string of the molecule is COc1ccc(C(OC)C(Br)C(=O)c2cc(Br)c(OC)c(Br)c2OC(C)=O)c(OC)c1. The van der Waals surface area contributed by atoms with E-state index in [0.29, 0.717) is 31.8 Å². The molecular weight excluding hydrogens is 604 g/mol. The topological polar surface area (TPSA) is 80.3 Å². The Bertz CT molecular complexity index is 978. The van der Waals surface area contributed by atoms with Gasteiger partial charge in [0.2, 0.25) is 0 Å². The molecule has 0 amide bonds. The first kappa shape index (κ1) is 25.6. The van der Waals surface area contributed by atoms with Crippen LogP contribution in [0.4, 0.5) is 0 Å². The Kier molecular flexibility index (Phi) is 9.35. The Hall–Kier alpha value is -1.62. The summed E-state index contributed by atoms with van der Waals surface area (Å²) in [5.41, 5.74) is 0.799. The van der Waals surface area contributed by atoms with E-state index in [2.05, 4.69) is 47.8 Å². The summed E-state index contributed by atoms with van der Waals surface area (Å²) in [4.78, 5) is 24.3. The predicted octanol–water partition coefficient (Wildman–Crippen LogP) is 5.50. The lowest BCUT2D eigenvalue weighted by Gasteiger charge is -2.24. The van der Waals surface area contributed by atoms with E-state index >= 15 is 0 Å². The van der Waals surface area contributed by atoms with Crippen LogP contribution >= 0.6 is 47.8 Å². The number of carbonyl (C=O) groups excluding carboxylic acids is 2. The number of methoxy groups -OCH3 is 4. The molecule has 0 bridgehead atoms. The minimum absolute atomic E-state index is 0.0542. The van der Waals surface area contributed by atoms with Crippen LogP contribution in [0.5, 0.6) is 23.0 Å². The number of carbonyl (C=O) groups is 2. The number of alkyl halides is 1. The van der Waals surface area contributed by atoms with Crippen molar-refractivity contribution in [2.24, 2.45) is 0 Å². The maximum Gasteiger partial charge on any atom is 0.308 e. The molecule has 0 aliphatic heterocycles. The maximum absolute atomic E-state index is 13.5. The van der Waals surface area contributed by atoms with Crippen LogP contribution in [-0.4, -0.2) is 45.0 Å². The number of hydrogen-bond acceptors (Lipinski definition) is 7. The lowest BCUT2D eigenvalue weighted by atomic mass is 9.98. The van der Waals surface area contributed by atoms with Crippen LogP contribution in [0.3, 0.4) is 0 Å². The lowest BCUT2D eigenvalue weighted by molar-refractivity contribution is -0.131. The third-order valence-corrected chi connectivity index (χ3v) is 6.57. The molecule has 0 aliphatic rings. The first-order valence-electron chi connectivity index (χ1n) is 8.87. The zero-order valence-electron chi connectivity index (χ0n) is 17.5. The molecule has 0 fully saturated rings. The first-order valence-corrected chi connectivity index (χ1v) is 11.4. The molecule has 2 rings (SSSR count). The van der Waals surface area contributed by atoms with Crippen molar-refractivity contribution < 1.29 is 33.3 Å². The van der Waals surface area contributed by atoms with Crippen LogP contribution in [0, 0.1) is 0 Å². The van der Waals surface area contributed by atoms with Gasteiger partial charge in [-0.1, -0.05) is 15.9 Å². The molecule has 0 radical (unpaired) electrons. The fraction of sp³-hybridized carbons (Fsp3) is 0.333. The Labute approximate surface area is 205 Å². The minimum Gasteiger partial charge on any atom is -0.497 e. The number of halogens is 3. The molecule has 2 unspecified atom stereocenters. The molecular formula is C21H21Br3O7. The van der Waals surface area contributed by atoms with E-state index in [1.165, 1.54) is 34.3 Å². The second kappa shape index (κ2) is 11.3. The summed E-state index contributed by atoms with van der Waals surface area (Å²) in [6.07, 6.45) is -0.710. The van der Waals surface area contributed by atoms with E-state index < -0.39 is 16.9 Å². The van der Waals surface area contributed by atoms with Crippen molar-refractivity contribution in [1.29, 1.82) is 0 Å². The van der Waals surface area contributed by atoms with E-state index in [0.717, 1.165) is 0 Å². The van der Waals surface area contributed by atoms with E-state index in [1.54, 1.807) is 25.3 Å². The smallest absolute Gasteiger partial charge is 0.308 e. The molecule has 168 valence electrons. The Morgan fingerprint density at radius 1 is 0.935 bits per heavy atom. The number of ketones is 1. The van der Waals surface area contributed by atoms with Gasteiger partial charge in [0.1, 0.15) is 26.9 Å². The molecule has 7 nitrogen and oxygen atoms in total.